The minimum absolute atomic E-state index is 0.0206. The van der Waals surface area contributed by atoms with Crippen LogP contribution in [0.2, 0.25) is 0 Å². The Labute approximate surface area is 161 Å². The predicted molar refractivity (Wildman–Crippen MR) is 107 cm³/mol. The van der Waals surface area contributed by atoms with Crippen molar-refractivity contribution in [3.8, 4) is 5.75 Å². The third-order valence-electron chi connectivity index (χ3n) is 3.88. The van der Waals surface area contributed by atoms with Crippen LogP contribution < -0.4 is 14.8 Å². The first-order chi connectivity index (χ1) is 12.6. The molecule has 2 N–H and O–H groups in total. The van der Waals surface area contributed by atoms with E-state index in [2.05, 4.69) is 10.0 Å². The number of ether oxygens (including phenoxy) is 1. The van der Waals surface area contributed by atoms with E-state index in [0.717, 1.165) is 11.1 Å². The van der Waals surface area contributed by atoms with Crippen LogP contribution in [0.1, 0.15) is 31.9 Å². The van der Waals surface area contributed by atoms with Crippen molar-refractivity contribution in [2.24, 2.45) is 0 Å². The Morgan fingerprint density at radius 2 is 1.63 bits per heavy atom. The first kappa shape index (κ1) is 20.8. The van der Waals surface area contributed by atoms with Crippen LogP contribution in [0.15, 0.2) is 47.4 Å². The number of nitrogens with one attached hydrogen (secondary N) is 2. The van der Waals surface area contributed by atoms with Crippen LogP contribution in [0.25, 0.3) is 0 Å². The molecule has 1 atom stereocenters. The lowest BCUT2D eigenvalue weighted by atomic mass is 10.1. The molecule has 0 fully saturated rings. The van der Waals surface area contributed by atoms with Gasteiger partial charge in [-0.05, 0) is 76.1 Å². The number of carbonyl (C=O) groups excluding carboxylic acids is 1. The Kier molecular flexibility index (Phi) is 6.49. The van der Waals surface area contributed by atoms with E-state index in [1.165, 1.54) is 24.3 Å². The van der Waals surface area contributed by atoms with Crippen LogP contribution in [-0.2, 0) is 14.8 Å². The van der Waals surface area contributed by atoms with Crippen LogP contribution >= 0.6 is 0 Å². The molecule has 2 aromatic carbocycles. The molecule has 6 nitrogen and oxygen atoms in total. The molecule has 1 amide bonds. The number of carbonyl (C=O) groups is 1. The highest BCUT2D eigenvalue weighted by Gasteiger charge is 2.18. The molecule has 0 bridgehead atoms. The number of hydrogen-bond acceptors (Lipinski definition) is 4. The van der Waals surface area contributed by atoms with Gasteiger partial charge in [-0.2, -0.15) is 0 Å². The fourth-order valence-electron chi connectivity index (χ4n) is 2.41. The Bertz CT molecular complexity index is 906. The number of sulfonamides is 1. The van der Waals surface area contributed by atoms with Crippen molar-refractivity contribution < 1.29 is 17.9 Å². The summed E-state index contributed by atoms with van der Waals surface area (Å²) in [6, 6.07) is 11.6. The molecule has 0 aliphatic rings. The van der Waals surface area contributed by atoms with Gasteiger partial charge in [0, 0.05) is 6.04 Å². The predicted octanol–water partition coefficient (Wildman–Crippen LogP) is 3.40. The topological polar surface area (TPSA) is 84.5 Å². The van der Waals surface area contributed by atoms with Crippen molar-refractivity contribution in [1.29, 1.82) is 0 Å². The molecule has 0 heterocycles. The summed E-state index contributed by atoms with van der Waals surface area (Å²) in [7, 11) is -3.71. The number of rotatable bonds is 7. The SMILES string of the molecule is Cc1ccc(C)c(NS(=O)(=O)c2ccc(O[C@@H](C)C(=O)NC(C)C)cc2)c1. The van der Waals surface area contributed by atoms with Crippen LogP contribution in [0.5, 0.6) is 5.75 Å². The highest BCUT2D eigenvalue weighted by atomic mass is 32.2. The number of benzene rings is 2. The molecule has 146 valence electrons. The second kappa shape index (κ2) is 8.43. The maximum atomic E-state index is 12.6. The van der Waals surface area contributed by atoms with E-state index in [9.17, 15) is 13.2 Å². The van der Waals surface area contributed by atoms with E-state index in [1.54, 1.807) is 13.0 Å². The zero-order valence-corrected chi connectivity index (χ0v) is 17.1. The lowest BCUT2D eigenvalue weighted by Gasteiger charge is -2.17. The molecule has 0 spiro atoms. The number of aryl methyl sites for hydroxylation is 2. The molecular formula is C20H26N2O4S. The van der Waals surface area contributed by atoms with Gasteiger partial charge < -0.3 is 10.1 Å². The number of hydrogen-bond donors (Lipinski definition) is 2. The van der Waals surface area contributed by atoms with E-state index < -0.39 is 16.1 Å². The standard InChI is InChI=1S/C20H26N2O4S/c1-13(2)21-20(23)16(5)26-17-8-10-18(11-9-17)27(24,25)22-19-12-14(3)6-7-15(19)4/h6-13,16,22H,1-5H3,(H,21,23)/t16-/m0/s1. The van der Waals surface area contributed by atoms with Crippen molar-refractivity contribution in [3.63, 3.8) is 0 Å². The summed E-state index contributed by atoms with van der Waals surface area (Å²) >= 11 is 0. The van der Waals surface area contributed by atoms with Crippen LogP contribution in [0.3, 0.4) is 0 Å². The zero-order valence-electron chi connectivity index (χ0n) is 16.2. The third kappa shape index (κ3) is 5.72. The summed E-state index contributed by atoms with van der Waals surface area (Å²) in [5.41, 5.74) is 2.36. The lowest BCUT2D eigenvalue weighted by molar-refractivity contribution is -0.127. The first-order valence-corrected chi connectivity index (χ1v) is 10.2. The summed E-state index contributed by atoms with van der Waals surface area (Å²) in [4.78, 5) is 12.0. The summed E-state index contributed by atoms with van der Waals surface area (Å²) in [5.74, 6) is 0.199. The molecule has 0 radical (unpaired) electrons. The Hall–Kier alpha value is -2.54. The van der Waals surface area contributed by atoms with E-state index in [-0.39, 0.29) is 16.8 Å². The van der Waals surface area contributed by atoms with Gasteiger partial charge >= 0.3 is 0 Å². The van der Waals surface area contributed by atoms with Crippen molar-refractivity contribution in [2.75, 3.05) is 4.72 Å². The van der Waals surface area contributed by atoms with E-state index >= 15 is 0 Å². The normalized spacial score (nSPS) is 12.5. The summed E-state index contributed by atoms with van der Waals surface area (Å²) < 4.78 is 33.4. The minimum atomic E-state index is -3.71. The molecule has 0 aromatic heterocycles. The molecule has 2 rings (SSSR count). The smallest absolute Gasteiger partial charge is 0.261 e. The molecule has 2 aromatic rings. The molecule has 0 saturated carbocycles. The monoisotopic (exact) mass is 390 g/mol. The van der Waals surface area contributed by atoms with Crippen LogP contribution in [-0.4, -0.2) is 26.5 Å². The second-order valence-corrected chi connectivity index (χ2v) is 8.50. The van der Waals surface area contributed by atoms with Gasteiger partial charge in [-0.1, -0.05) is 12.1 Å². The summed E-state index contributed by atoms with van der Waals surface area (Å²) in [5, 5.41) is 2.77. The summed E-state index contributed by atoms with van der Waals surface area (Å²) in [6.07, 6.45) is -0.678. The van der Waals surface area contributed by atoms with Crippen molar-refractivity contribution in [1.82, 2.24) is 5.32 Å². The molecule has 7 heteroatoms. The van der Waals surface area contributed by atoms with Gasteiger partial charge in [0.05, 0.1) is 10.6 Å². The first-order valence-electron chi connectivity index (χ1n) is 8.75. The maximum Gasteiger partial charge on any atom is 0.261 e. The summed E-state index contributed by atoms with van der Waals surface area (Å²) in [6.45, 7) is 9.13. The molecule has 27 heavy (non-hydrogen) atoms. The third-order valence-corrected chi connectivity index (χ3v) is 5.27. The van der Waals surface area contributed by atoms with Gasteiger partial charge in [-0.25, -0.2) is 8.42 Å². The Morgan fingerprint density at radius 3 is 2.22 bits per heavy atom. The van der Waals surface area contributed by atoms with Crippen molar-refractivity contribution >= 4 is 21.6 Å². The minimum Gasteiger partial charge on any atom is -0.481 e. The maximum absolute atomic E-state index is 12.6. The fraction of sp³-hybridized carbons (Fsp3) is 0.350. The van der Waals surface area contributed by atoms with Gasteiger partial charge in [0.2, 0.25) is 0 Å². The number of anilines is 1. The Balaban J connectivity index is 2.11. The van der Waals surface area contributed by atoms with Gasteiger partial charge in [0.15, 0.2) is 6.10 Å². The molecule has 0 aliphatic carbocycles. The van der Waals surface area contributed by atoms with Crippen LogP contribution in [0.4, 0.5) is 5.69 Å². The van der Waals surface area contributed by atoms with E-state index in [4.69, 9.17) is 4.74 Å². The van der Waals surface area contributed by atoms with Gasteiger partial charge in [0.25, 0.3) is 15.9 Å². The quantitative estimate of drug-likeness (QED) is 0.759. The van der Waals surface area contributed by atoms with Crippen molar-refractivity contribution in [2.45, 2.75) is 51.7 Å². The van der Waals surface area contributed by atoms with E-state index in [0.29, 0.717) is 11.4 Å². The van der Waals surface area contributed by atoms with Crippen molar-refractivity contribution in [3.05, 3.63) is 53.6 Å². The van der Waals surface area contributed by atoms with Crippen LogP contribution in [0, 0.1) is 13.8 Å². The molecular weight excluding hydrogens is 364 g/mol. The largest absolute Gasteiger partial charge is 0.481 e. The zero-order chi connectivity index (χ0) is 20.2. The van der Waals surface area contributed by atoms with E-state index in [1.807, 2.05) is 39.8 Å². The highest BCUT2D eigenvalue weighted by molar-refractivity contribution is 7.92. The fourth-order valence-corrected chi connectivity index (χ4v) is 3.53. The average Bonchev–Trinajstić information content (AvgIpc) is 2.57. The molecule has 0 saturated heterocycles. The lowest BCUT2D eigenvalue weighted by Crippen LogP contribution is -2.40. The molecule has 0 aliphatic heterocycles. The number of amides is 1. The van der Waals surface area contributed by atoms with Gasteiger partial charge in [-0.3, -0.25) is 9.52 Å². The molecule has 0 unspecified atom stereocenters. The highest BCUT2D eigenvalue weighted by Crippen LogP contribution is 2.23. The second-order valence-electron chi connectivity index (χ2n) is 6.82. The van der Waals surface area contributed by atoms with Gasteiger partial charge in [-0.15, -0.1) is 0 Å². The average molecular weight is 391 g/mol. The Morgan fingerprint density at radius 1 is 1.00 bits per heavy atom. The van der Waals surface area contributed by atoms with Gasteiger partial charge in [0.1, 0.15) is 5.75 Å².